The maximum absolute atomic E-state index is 11.7. The highest BCUT2D eigenvalue weighted by atomic mass is 16.5. The molecule has 0 unspecified atom stereocenters. The summed E-state index contributed by atoms with van der Waals surface area (Å²) in [5, 5.41) is 2.59. The lowest BCUT2D eigenvalue weighted by Gasteiger charge is -2.09. The molecule has 6 nitrogen and oxygen atoms in total. The minimum absolute atomic E-state index is 0.235. The molecule has 86 valence electrons. The molecule has 1 aliphatic carbocycles. The molecule has 1 heterocycles. The quantitative estimate of drug-likeness (QED) is 0.763. The van der Waals surface area contributed by atoms with Gasteiger partial charge in [0.05, 0.1) is 12.6 Å². The van der Waals surface area contributed by atoms with E-state index in [1.165, 1.54) is 7.11 Å². The molecule has 0 atom stereocenters. The maximum atomic E-state index is 11.7. The zero-order chi connectivity index (χ0) is 11.8. The van der Waals surface area contributed by atoms with E-state index < -0.39 is 5.54 Å². The van der Waals surface area contributed by atoms with Crippen molar-refractivity contribution in [2.24, 2.45) is 5.73 Å². The van der Waals surface area contributed by atoms with Gasteiger partial charge in [-0.05, 0) is 19.8 Å². The third-order valence-corrected chi connectivity index (χ3v) is 2.51. The SMILES string of the molecule is COc1cc(C)nc(NC(=O)C2(N)CC2)n1. The average molecular weight is 222 g/mol. The van der Waals surface area contributed by atoms with Crippen LogP contribution < -0.4 is 15.8 Å². The van der Waals surface area contributed by atoms with Crippen LogP contribution in [0.2, 0.25) is 0 Å². The van der Waals surface area contributed by atoms with Gasteiger partial charge in [-0.3, -0.25) is 10.1 Å². The number of ether oxygens (including phenoxy) is 1. The van der Waals surface area contributed by atoms with E-state index in [0.29, 0.717) is 18.7 Å². The van der Waals surface area contributed by atoms with Crippen LogP contribution in [0.25, 0.3) is 0 Å². The molecule has 3 N–H and O–H groups in total. The summed E-state index contributed by atoms with van der Waals surface area (Å²) in [6, 6.07) is 1.69. The lowest BCUT2D eigenvalue weighted by molar-refractivity contribution is -0.118. The van der Waals surface area contributed by atoms with Crippen LogP contribution >= 0.6 is 0 Å². The fraction of sp³-hybridized carbons (Fsp3) is 0.500. The van der Waals surface area contributed by atoms with Gasteiger partial charge < -0.3 is 10.5 Å². The number of carbonyl (C=O) groups excluding carboxylic acids is 1. The van der Waals surface area contributed by atoms with Gasteiger partial charge in [0.1, 0.15) is 0 Å². The molecule has 2 rings (SSSR count). The number of methoxy groups -OCH3 is 1. The van der Waals surface area contributed by atoms with Crippen LogP contribution in [0, 0.1) is 6.92 Å². The molecule has 0 spiro atoms. The van der Waals surface area contributed by atoms with Crippen molar-refractivity contribution in [3.8, 4) is 5.88 Å². The van der Waals surface area contributed by atoms with E-state index in [9.17, 15) is 4.79 Å². The predicted molar refractivity (Wildman–Crippen MR) is 58.1 cm³/mol. The number of nitrogens with one attached hydrogen (secondary N) is 1. The van der Waals surface area contributed by atoms with E-state index in [0.717, 1.165) is 5.69 Å². The van der Waals surface area contributed by atoms with Crippen LogP contribution in [0.3, 0.4) is 0 Å². The van der Waals surface area contributed by atoms with Gasteiger partial charge in [0.15, 0.2) is 0 Å². The normalized spacial score (nSPS) is 16.7. The molecule has 16 heavy (non-hydrogen) atoms. The molecule has 0 aromatic carbocycles. The van der Waals surface area contributed by atoms with E-state index in [4.69, 9.17) is 10.5 Å². The molecule has 1 fully saturated rings. The standard InChI is InChI=1S/C10H14N4O2/c1-6-5-7(16-2)13-9(12-6)14-8(15)10(11)3-4-10/h5H,3-4,11H2,1-2H3,(H,12,13,14,15). The van der Waals surface area contributed by atoms with E-state index in [1.807, 2.05) is 0 Å². The minimum Gasteiger partial charge on any atom is -0.481 e. The summed E-state index contributed by atoms with van der Waals surface area (Å²) >= 11 is 0. The second-order valence-corrected chi connectivity index (χ2v) is 3.99. The highest BCUT2D eigenvalue weighted by Crippen LogP contribution is 2.33. The first-order valence-electron chi connectivity index (χ1n) is 5.03. The van der Waals surface area contributed by atoms with Crippen LogP contribution in [-0.4, -0.2) is 28.5 Å². The smallest absolute Gasteiger partial charge is 0.246 e. The second-order valence-electron chi connectivity index (χ2n) is 3.99. The van der Waals surface area contributed by atoms with Crippen LogP contribution in [-0.2, 0) is 4.79 Å². The number of nitrogens with two attached hydrogens (primary N) is 1. The predicted octanol–water partition coefficient (Wildman–Crippen LogP) is 0.223. The molecule has 1 aromatic rings. The lowest BCUT2D eigenvalue weighted by atomic mass is 10.3. The molecule has 1 saturated carbocycles. The summed E-state index contributed by atoms with van der Waals surface area (Å²) in [6.45, 7) is 1.80. The number of aromatic nitrogens is 2. The van der Waals surface area contributed by atoms with Crippen molar-refractivity contribution in [2.75, 3.05) is 12.4 Å². The lowest BCUT2D eigenvalue weighted by Crippen LogP contribution is -2.38. The Bertz CT molecular complexity index is 429. The first kappa shape index (κ1) is 10.8. The molecule has 0 radical (unpaired) electrons. The van der Waals surface area contributed by atoms with Gasteiger partial charge in [0, 0.05) is 11.8 Å². The molecule has 6 heteroatoms. The van der Waals surface area contributed by atoms with Crippen molar-refractivity contribution in [3.05, 3.63) is 11.8 Å². The third kappa shape index (κ3) is 2.11. The molecular formula is C10H14N4O2. The van der Waals surface area contributed by atoms with Crippen LogP contribution in [0.15, 0.2) is 6.07 Å². The van der Waals surface area contributed by atoms with Crippen LogP contribution in [0.1, 0.15) is 18.5 Å². The van der Waals surface area contributed by atoms with Gasteiger partial charge in [-0.1, -0.05) is 0 Å². The Kier molecular flexibility index (Phi) is 2.51. The Balaban J connectivity index is 2.14. The van der Waals surface area contributed by atoms with Crippen molar-refractivity contribution < 1.29 is 9.53 Å². The summed E-state index contributed by atoms with van der Waals surface area (Å²) < 4.78 is 4.98. The molecule has 0 aliphatic heterocycles. The fourth-order valence-corrected chi connectivity index (χ4v) is 1.29. The van der Waals surface area contributed by atoms with E-state index in [2.05, 4.69) is 15.3 Å². The zero-order valence-electron chi connectivity index (χ0n) is 9.28. The Morgan fingerprint density at radius 1 is 1.56 bits per heavy atom. The number of rotatable bonds is 3. The molecule has 0 saturated heterocycles. The summed E-state index contributed by atoms with van der Waals surface area (Å²) in [4.78, 5) is 19.7. The Morgan fingerprint density at radius 3 is 2.81 bits per heavy atom. The Morgan fingerprint density at radius 2 is 2.25 bits per heavy atom. The van der Waals surface area contributed by atoms with Crippen molar-refractivity contribution in [1.82, 2.24) is 9.97 Å². The largest absolute Gasteiger partial charge is 0.481 e. The molecule has 1 aromatic heterocycles. The van der Waals surface area contributed by atoms with Crippen molar-refractivity contribution >= 4 is 11.9 Å². The zero-order valence-corrected chi connectivity index (χ0v) is 9.28. The molecular weight excluding hydrogens is 208 g/mol. The number of hydrogen-bond acceptors (Lipinski definition) is 5. The number of aryl methyl sites for hydroxylation is 1. The molecule has 0 bridgehead atoms. The van der Waals surface area contributed by atoms with Gasteiger partial charge in [-0.2, -0.15) is 4.98 Å². The number of nitrogens with zero attached hydrogens (tertiary/aromatic N) is 2. The van der Waals surface area contributed by atoms with Crippen molar-refractivity contribution in [2.45, 2.75) is 25.3 Å². The second kappa shape index (κ2) is 3.71. The topological polar surface area (TPSA) is 90.1 Å². The van der Waals surface area contributed by atoms with E-state index >= 15 is 0 Å². The highest BCUT2D eigenvalue weighted by Gasteiger charge is 2.46. The first-order chi connectivity index (χ1) is 7.53. The van der Waals surface area contributed by atoms with Crippen molar-refractivity contribution in [1.29, 1.82) is 0 Å². The summed E-state index contributed by atoms with van der Waals surface area (Å²) in [7, 11) is 1.51. The fourth-order valence-electron chi connectivity index (χ4n) is 1.29. The van der Waals surface area contributed by atoms with E-state index in [1.54, 1.807) is 13.0 Å². The summed E-state index contributed by atoms with van der Waals surface area (Å²) in [5.74, 6) is 0.420. The van der Waals surface area contributed by atoms with Crippen LogP contribution in [0.4, 0.5) is 5.95 Å². The average Bonchev–Trinajstić information content (AvgIpc) is 2.97. The van der Waals surface area contributed by atoms with Gasteiger partial charge in [-0.25, -0.2) is 4.98 Å². The summed E-state index contributed by atoms with van der Waals surface area (Å²) in [5.41, 5.74) is 5.75. The monoisotopic (exact) mass is 222 g/mol. The van der Waals surface area contributed by atoms with Gasteiger partial charge in [0.2, 0.25) is 17.7 Å². The Labute approximate surface area is 93.2 Å². The number of carbonyl (C=O) groups is 1. The maximum Gasteiger partial charge on any atom is 0.246 e. The van der Waals surface area contributed by atoms with E-state index in [-0.39, 0.29) is 11.9 Å². The third-order valence-electron chi connectivity index (χ3n) is 2.51. The first-order valence-corrected chi connectivity index (χ1v) is 5.03. The number of amides is 1. The number of hydrogen-bond donors (Lipinski definition) is 2. The van der Waals surface area contributed by atoms with Crippen LogP contribution in [0.5, 0.6) is 5.88 Å². The van der Waals surface area contributed by atoms with Crippen molar-refractivity contribution in [3.63, 3.8) is 0 Å². The number of anilines is 1. The van der Waals surface area contributed by atoms with Gasteiger partial charge in [0.25, 0.3) is 0 Å². The minimum atomic E-state index is -0.722. The molecule has 1 aliphatic rings. The Hall–Kier alpha value is -1.69. The van der Waals surface area contributed by atoms with Gasteiger partial charge in [-0.15, -0.1) is 0 Å². The van der Waals surface area contributed by atoms with Gasteiger partial charge >= 0.3 is 0 Å². The molecule has 1 amide bonds. The highest BCUT2D eigenvalue weighted by molar-refractivity contribution is 5.98. The summed E-state index contributed by atoms with van der Waals surface area (Å²) in [6.07, 6.45) is 1.42.